The molecule has 0 unspecified atom stereocenters. The van der Waals surface area contributed by atoms with Gasteiger partial charge in [-0.05, 0) is 12.5 Å². The monoisotopic (exact) mass is 323 g/mol. The van der Waals surface area contributed by atoms with Crippen LogP contribution >= 0.6 is 0 Å². The maximum absolute atomic E-state index is 12.6. The van der Waals surface area contributed by atoms with E-state index < -0.39 is 12.0 Å². The number of hydrogen-bond acceptors (Lipinski definition) is 4. The zero-order valence-electron chi connectivity index (χ0n) is 12.6. The summed E-state index contributed by atoms with van der Waals surface area (Å²) in [6.45, 7) is 3.43. The van der Waals surface area contributed by atoms with E-state index in [1.807, 2.05) is 25.1 Å². The number of aromatic nitrogens is 2. The molecule has 1 aromatic heterocycles. The molecular formula is C16H16F3N3O. The summed E-state index contributed by atoms with van der Waals surface area (Å²) in [5, 5.41) is 10.1. The molecule has 0 saturated heterocycles. The number of nitrogens with zero attached hydrogens (tertiary/aromatic N) is 3. The second-order valence-electron chi connectivity index (χ2n) is 5.71. The molecular weight excluding hydrogens is 307 g/mol. The lowest BCUT2D eigenvalue weighted by Crippen LogP contribution is -2.31. The molecule has 0 radical (unpaired) electrons. The molecule has 1 aromatic carbocycles. The highest BCUT2D eigenvalue weighted by molar-refractivity contribution is 5.39. The highest BCUT2D eigenvalue weighted by atomic mass is 19.4. The van der Waals surface area contributed by atoms with Gasteiger partial charge in [-0.1, -0.05) is 18.2 Å². The SMILES string of the molecule is Cc1cccc(CN2CCc3nc(C(F)(F)F)ncc3C2)c1O. The zero-order valence-corrected chi connectivity index (χ0v) is 12.6. The van der Waals surface area contributed by atoms with Crippen LogP contribution in [0, 0.1) is 6.92 Å². The summed E-state index contributed by atoms with van der Waals surface area (Å²) in [6, 6.07) is 5.55. The van der Waals surface area contributed by atoms with Gasteiger partial charge in [-0.2, -0.15) is 13.2 Å². The molecule has 0 saturated carbocycles. The van der Waals surface area contributed by atoms with Crippen LogP contribution in [0.2, 0.25) is 0 Å². The first-order chi connectivity index (χ1) is 10.8. The van der Waals surface area contributed by atoms with E-state index in [1.165, 1.54) is 6.20 Å². The first-order valence-corrected chi connectivity index (χ1v) is 7.26. The summed E-state index contributed by atoms with van der Waals surface area (Å²) in [6.07, 6.45) is -2.82. The average Bonchev–Trinajstić information content (AvgIpc) is 2.50. The topological polar surface area (TPSA) is 49.2 Å². The fraction of sp³-hybridized carbons (Fsp3) is 0.375. The van der Waals surface area contributed by atoms with Crippen molar-refractivity contribution < 1.29 is 18.3 Å². The number of phenolic OH excluding ortho intramolecular Hbond substituents is 1. The number of halogens is 3. The third-order valence-electron chi connectivity index (χ3n) is 3.98. The molecule has 23 heavy (non-hydrogen) atoms. The van der Waals surface area contributed by atoms with E-state index in [9.17, 15) is 18.3 Å². The van der Waals surface area contributed by atoms with Crippen molar-refractivity contribution in [2.24, 2.45) is 0 Å². The third kappa shape index (κ3) is 3.29. The number of aromatic hydroxyl groups is 1. The second-order valence-corrected chi connectivity index (χ2v) is 5.71. The van der Waals surface area contributed by atoms with Crippen molar-refractivity contribution in [2.75, 3.05) is 6.54 Å². The highest BCUT2D eigenvalue weighted by Crippen LogP contribution is 2.29. The average molecular weight is 323 g/mol. The first-order valence-electron chi connectivity index (χ1n) is 7.26. The molecule has 1 aliphatic rings. The molecule has 1 N–H and O–H groups in total. The third-order valence-corrected chi connectivity index (χ3v) is 3.98. The van der Waals surface area contributed by atoms with Gasteiger partial charge in [0.05, 0.1) is 5.69 Å². The van der Waals surface area contributed by atoms with Crippen LogP contribution in [0.3, 0.4) is 0 Å². The molecule has 2 aromatic rings. The van der Waals surface area contributed by atoms with Gasteiger partial charge in [0.15, 0.2) is 0 Å². The van der Waals surface area contributed by atoms with Gasteiger partial charge in [-0.3, -0.25) is 4.90 Å². The molecule has 0 bridgehead atoms. The minimum atomic E-state index is -4.51. The summed E-state index contributed by atoms with van der Waals surface area (Å²) in [5.41, 5.74) is 2.77. The van der Waals surface area contributed by atoms with Gasteiger partial charge in [0, 0.05) is 43.4 Å². The minimum absolute atomic E-state index is 0.266. The van der Waals surface area contributed by atoms with Gasteiger partial charge >= 0.3 is 6.18 Å². The Morgan fingerprint density at radius 3 is 2.83 bits per heavy atom. The van der Waals surface area contributed by atoms with Crippen molar-refractivity contribution in [3.8, 4) is 5.75 Å². The smallest absolute Gasteiger partial charge is 0.451 e. The number of alkyl halides is 3. The Labute approximate surface area is 131 Å². The Morgan fingerprint density at radius 2 is 2.09 bits per heavy atom. The predicted octanol–water partition coefficient (Wildman–Crippen LogP) is 3.07. The molecule has 0 atom stereocenters. The first kappa shape index (κ1) is 15.7. The quantitative estimate of drug-likeness (QED) is 0.923. The normalized spacial score (nSPS) is 15.5. The Morgan fingerprint density at radius 1 is 1.30 bits per heavy atom. The van der Waals surface area contributed by atoms with Crippen molar-refractivity contribution in [2.45, 2.75) is 32.6 Å². The summed E-state index contributed by atoms with van der Waals surface area (Å²) < 4.78 is 37.9. The number of hydrogen-bond donors (Lipinski definition) is 1. The van der Waals surface area contributed by atoms with E-state index in [1.54, 1.807) is 0 Å². The predicted molar refractivity (Wildman–Crippen MR) is 77.7 cm³/mol. The number of aryl methyl sites for hydroxylation is 1. The van der Waals surface area contributed by atoms with E-state index >= 15 is 0 Å². The van der Waals surface area contributed by atoms with Gasteiger partial charge in [0.1, 0.15) is 5.75 Å². The van der Waals surface area contributed by atoms with Crippen LogP contribution in [0.5, 0.6) is 5.75 Å². The number of benzene rings is 1. The van der Waals surface area contributed by atoms with Gasteiger partial charge in [0.2, 0.25) is 5.82 Å². The molecule has 122 valence electrons. The Bertz CT molecular complexity index is 731. The summed E-state index contributed by atoms with van der Waals surface area (Å²) in [5.74, 6) is -0.817. The molecule has 0 fully saturated rings. The van der Waals surface area contributed by atoms with E-state index in [2.05, 4.69) is 14.9 Å². The molecule has 0 aliphatic carbocycles. The summed E-state index contributed by atoms with van der Waals surface area (Å²) in [4.78, 5) is 9.13. The molecule has 3 rings (SSSR count). The lowest BCUT2D eigenvalue weighted by Gasteiger charge is -2.28. The van der Waals surface area contributed by atoms with E-state index in [0.717, 1.165) is 11.1 Å². The summed E-state index contributed by atoms with van der Waals surface area (Å²) in [7, 11) is 0. The van der Waals surface area contributed by atoms with Gasteiger partial charge in [-0.15, -0.1) is 0 Å². The molecule has 2 heterocycles. The van der Waals surface area contributed by atoms with Crippen LogP contribution in [0.1, 0.15) is 28.2 Å². The van der Waals surface area contributed by atoms with Crippen LogP contribution in [0.25, 0.3) is 0 Å². The standard InChI is InChI=1S/C16H16F3N3O/c1-10-3-2-4-11(14(10)23)8-22-6-5-13-12(9-22)7-20-15(21-13)16(17,18)19/h2-4,7,23H,5-6,8-9H2,1H3. The fourth-order valence-electron chi connectivity index (χ4n) is 2.73. The lowest BCUT2D eigenvalue weighted by molar-refractivity contribution is -0.145. The van der Waals surface area contributed by atoms with Crippen LogP contribution in [0.15, 0.2) is 24.4 Å². The molecule has 1 aliphatic heterocycles. The van der Waals surface area contributed by atoms with Crippen molar-refractivity contribution in [1.29, 1.82) is 0 Å². The number of rotatable bonds is 2. The Kier molecular flexibility index (Phi) is 3.97. The van der Waals surface area contributed by atoms with Crippen molar-refractivity contribution in [1.82, 2.24) is 14.9 Å². The van der Waals surface area contributed by atoms with E-state index in [4.69, 9.17) is 0 Å². The molecule has 4 nitrogen and oxygen atoms in total. The maximum Gasteiger partial charge on any atom is 0.451 e. The minimum Gasteiger partial charge on any atom is -0.507 e. The summed E-state index contributed by atoms with van der Waals surface area (Å²) >= 11 is 0. The van der Waals surface area contributed by atoms with Crippen LogP contribution in [-0.2, 0) is 25.7 Å². The van der Waals surface area contributed by atoms with E-state index in [0.29, 0.717) is 37.3 Å². The van der Waals surface area contributed by atoms with Crippen molar-refractivity contribution in [3.63, 3.8) is 0 Å². The van der Waals surface area contributed by atoms with E-state index in [-0.39, 0.29) is 5.75 Å². The lowest BCUT2D eigenvalue weighted by atomic mass is 10.0. The van der Waals surface area contributed by atoms with Gasteiger partial charge in [0.25, 0.3) is 0 Å². The number of para-hydroxylation sites is 1. The molecule has 7 heteroatoms. The second kappa shape index (κ2) is 5.81. The van der Waals surface area contributed by atoms with Crippen LogP contribution in [0.4, 0.5) is 13.2 Å². The van der Waals surface area contributed by atoms with Crippen LogP contribution < -0.4 is 0 Å². The Hall–Kier alpha value is -2.15. The van der Waals surface area contributed by atoms with Crippen molar-refractivity contribution >= 4 is 0 Å². The zero-order chi connectivity index (χ0) is 16.6. The Balaban J connectivity index is 1.77. The van der Waals surface area contributed by atoms with Crippen LogP contribution in [-0.4, -0.2) is 26.5 Å². The fourth-order valence-corrected chi connectivity index (χ4v) is 2.73. The maximum atomic E-state index is 12.6. The highest BCUT2D eigenvalue weighted by Gasteiger charge is 2.35. The number of phenols is 1. The molecule has 0 spiro atoms. The van der Waals surface area contributed by atoms with Gasteiger partial charge < -0.3 is 5.11 Å². The van der Waals surface area contributed by atoms with Crippen molar-refractivity contribution in [3.05, 3.63) is 52.6 Å². The molecule has 0 amide bonds. The number of fused-ring (bicyclic) bond motifs is 1. The van der Waals surface area contributed by atoms with Gasteiger partial charge in [-0.25, -0.2) is 9.97 Å². The largest absolute Gasteiger partial charge is 0.507 e.